The largest absolute Gasteiger partial charge is 0.354 e. The summed E-state index contributed by atoms with van der Waals surface area (Å²) in [5.74, 6) is -0.153. The molecule has 1 aromatic carbocycles. The highest BCUT2D eigenvalue weighted by atomic mass is 35.5. The van der Waals surface area contributed by atoms with Crippen molar-refractivity contribution in [3.63, 3.8) is 0 Å². The van der Waals surface area contributed by atoms with Crippen LogP contribution in [0.5, 0.6) is 0 Å². The van der Waals surface area contributed by atoms with E-state index in [4.69, 9.17) is 11.6 Å². The van der Waals surface area contributed by atoms with Gasteiger partial charge in [-0.05, 0) is 38.1 Å². The predicted octanol–water partition coefficient (Wildman–Crippen LogP) is 1.61. The fraction of sp³-hybridized carbons (Fsp3) is 0.562. The summed E-state index contributed by atoms with van der Waals surface area (Å²) in [4.78, 5) is 14.3. The molecule has 0 bridgehead atoms. The zero-order valence-electron chi connectivity index (χ0n) is 13.8. The van der Waals surface area contributed by atoms with Crippen molar-refractivity contribution >= 4 is 27.5 Å². The molecule has 0 aliphatic carbocycles. The molecular weight excluding hydrogens is 350 g/mol. The van der Waals surface area contributed by atoms with E-state index in [2.05, 4.69) is 21.9 Å². The number of rotatable bonds is 8. The van der Waals surface area contributed by atoms with Crippen molar-refractivity contribution in [2.45, 2.75) is 37.1 Å². The zero-order chi connectivity index (χ0) is 17.6. The molecule has 1 fully saturated rings. The molecule has 0 radical (unpaired) electrons. The second-order valence-corrected chi connectivity index (χ2v) is 7.95. The van der Waals surface area contributed by atoms with Crippen LogP contribution in [0.4, 0.5) is 0 Å². The van der Waals surface area contributed by atoms with Crippen LogP contribution in [-0.2, 0) is 14.8 Å². The Bertz CT molecular complexity index is 666. The van der Waals surface area contributed by atoms with Crippen molar-refractivity contribution in [3.8, 4) is 0 Å². The van der Waals surface area contributed by atoms with E-state index in [0.29, 0.717) is 12.6 Å². The third-order valence-corrected chi connectivity index (χ3v) is 6.17. The first-order valence-electron chi connectivity index (χ1n) is 8.19. The summed E-state index contributed by atoms with van der Waals surface area (Å²) in [5, 5.41) is 3.05. The van der Waals surface area contributed by atoms with Crippen molar-refractivity contribution in [2.75, 3.05) is 26.2 Å². The molecule has 1 atom stereocenters. The molecule has 0 saturated carbocycles. The summed E-state index contributed by atoms with van der Waals surface area (Å²) in [7, 11) is -3.70. The van der Waals surface area contributed by atoms with Crippen molar-refractivity contribution in [1.82, 2.24) is 14.9 Å². The molecule has 24 heavy (non-hydrogen) atoms. The summed E-state index contributed by atoms with van der Waals surface area (Å²) >= 11 is 5.90. The van der Waals surface area contributed by atoms with Gasteiger partial charge in [-0.2, -0.15) is 0 Å². The number of likely N-dealkylation sites (N-methyl/N-ethyl adjacent to an activating group) is 1. The summed E-state index contributed by atoms with van der Waals surface area (Å²) in [5.41, 5.74) is 0. The smallest absolute Gasteiger partial charge is 0.242 e. The number of likely N-dealkylation sites (tertiary alicyclic amines) is 1. The molecular formula is C16H24ClN3O3S. The number of hydrogen-bond donors (Lipinski definition) is 2. The lowest BCUT2D eigenvalue weighted by atomic mass is 10.2. The Kier molecular flexibility index (Phi) is 7.03. The van der Waals surface area contributed by atoms with Gasteiger partial charge in [0.1, 0.15) is 4.90 Å². The first kappa shape index (κ1) is 19.2. The predicted molar refractivity (Wildman–Crippen MR) is 94.5 cm³/mol. The molecule has 1 aliphatic rings. The van der Waals surface area contributed by atoms with E-state index in [1.165, 1.54) is 12.1 Å². The lowest BCUT2D eigenvalue weighted by Gasteiger charge is -2.22. The first-order chi connectivity index (χ1) is 11.4. The summed E-state index contributed by atoms with van der Waals surface area (Å²) in [6.07, 6.45) is 2.35. The minimum Gasteiger partial charge on any atom is -0.354 e. The van der Waals surface area contributed by atoms with Gasteiger partial charge in [-0.1, -0.05) is 30.7 Å². The first-order valence-corrected chi connectivity index (χ1v) is 10.0. The summed E-state index contributed by atoms with van der Waals surface area (Å²) in [6.45, 7) is 4.84. The minimum absolute atomic E-state index is 0.0246. The average Bonchev–Trinajstić information content (AvgIpc) is 3.00. The number of nitrogens with zero attached hydrogens (tertiary/aromatic N) is 1. The van der Waals surface area contributed by atoms with Crippen LogP contribution in [0.2, 0.25) is 5.02 Å². The standard InChI is InChI=1S/C16H24ClN3O3S/c1-2-20-11-5-6-13(20)12-18-16(21)9-10-19-24(22,23)15-8-4-3-7-14(15)17/h3-4,7-8,13,19H,2,5-6,9-12H2,1H3,(H,18,21). The van der Waals surface area contributed by atoms with Crippen LogP contribution in [0, 0.1) is 0 Å². The molecule has 134 valence electrons. The minimum atomic E-state index is -3.70. The van der Waals surface area contributed by atoms with Crippen molar-refractivity contribution in [2.24, 2.45) is 0 Å². The van der Waals surface area contributed by atoms with Crippen LogP contribution in [0.15, 0.2) is 29.2 Å². The van der Waals surface area contributed by atoms with Gasteiger partial charge in [0.25, 0.3) is 0 Å². The van der Waals surface area contributed by atoms with Gasteiger partial charge in [-0.3, -0.25) is 9.69 Å². The maximum absolute atomic E-state index is 12.1. The van der Waals surface area contributed by atoms with Crippen molar-refractivity contribution in [3.05, 3.63) is 29.3 Å². The second-order valence-electron chi connectivity index (χ2n) is 5.81. The molecule has 1 aromatic rings. The highest BCUT2D eigenvalue weighted by molar-refractivity contribution is 7.89. The molecule has 1 saturated heterocycles. The molecule has 2 rings (SSSR count). The average molecular weight is 374 g/mol. The second kappa shape index (κ2) is 8.80. The van der Waals surface area contributed by atoms with E-state index < -0.39 is 10.0 Å². The van der Waals surface area contributed by atoms with Gasteiger partial charge in [-0.15, -0.1) is 0 Å². The van der Waals surface area contributed by atoms with Gasteiger partial charge in [0, 0.05) is 25.6 Å². The topological polar surface area (TPSA) is 78.5 Å². The molecule has 2 N–H and O–H groups in total. The molecule has 6 nitrogen and oxygen atoms in total. The van der Waals surface area contributed by atoms with Gasteiger partial charge in [0.2, 0.25) is 15.9 Å². The Labute approximate surface area is 148 Å². The Hall–Kier alpha value is -1.15. The zero-order valence-corrected chi connectivity index (χ0v) is 15.4. The van der Waals surface area contributed by atoms with Crippen LogP contribution < -0.4 is 10.0 Å². The van der Waals surface area contributed by atoms with Crippen LogP contribution in [0.3, 0.4) is 0 Å². The van der Waals surface area contributed by atoms with Gasteiger partial charge in [0.15, 0.2) is 0 Å². The number of carbonyl (C=O) groups excluding carboxylic acids is 1. The van der Waals surface area contributed by atoms with Gasteiger partial charge in [-0.25, -0.2) is 13.1 Å². The van der Waals surface area contributed by atoms with E-state index in [1.54, 1.807) is 12.1 Å². The van der Waals surface area contributed by atoms with Gasteiger partial charge < -0.3 is 5.32 Å². The van der Waals surface area contributed by atoms with Gasteiger partial charge >= 0.3 is 0 Å². The summed E-state index contributed by atoms with van der Waals surface area (Å²) in [6, 6.07) is 6.61. The number of carbonyl (C=O) groups is 1. The number of halogens is 1. The lowest BCUT2D eigenvalue weighted by Crippen LogP contribution is -2.40. The van der Waals surface area contributed by atoms with Crippen LogP contribution in [0.1, 0.15) is 26.2 Å². The van der Waals surface area contributed by atoms with E-state index in [1.807, 2.05) is 0 Å². The summed E-state index contributed by atoms with van der Waals surface area (Å²) < 4.78 is 26.7. The molecule has 1 heterocycles. The van der Waals surface area contributed by atoms with Crippen molar-refractivity contribution < 1.29 is 13.2 Å². The Morgan fingerprint density at radius 1 is 1.38 bits per heavy atom. The van der Waals surface area contributed by atoms with E-state index in [0.717, 1.165) is 25.9 Å². The maximum Gasteiger partial charge on any atom is 0.242 e. The normalized spacial score (nSPS) is 18.7. The number of nitrogens with one attached hydrogen (secondary N) is 2. The molecule has 1 aliphatic heterocycles. The van der Waals surface area contributed by atoms with Crippen molar-refractivity contribution in [1.29, 1.82) is 0 Å². The fourth-order valence-corrected chi connectivity index (χ4v) is 4.45. The number of hydrogen-bond acceptors (Lipinski definition) is 4. The third kappa shape index (κ3) is 5.17. The van der Waals surface area contributed by atoms with Gasteiger partial charge in [0.05, 0.1) is 5.02 Å². The number of benzene rings is 1. The number of sulfonamides is 1. The van der Waals surface area contributed by atoms with Crippen LogP contribution >= 0.6 is 11.6 Å². The molecule has 8 heteroatoms. The monoisotopic (exact) mass is 373 g/mol. The highest BCUT2D eigenvalue weighted by Crippen LogP contribution is 2.20. The van der Waals surface area contributed by atoms with E-state index in [9.17, 15) is 13.2 Å². The fourth-order valence-electron chi connectivity index (χ4n) is 2.90. The Balaban J connectivity index is 1.75. The quantitative estimate of drug-likeness (QED) is 0.725. The number of amides is 1. The molecule has 1 amide bonds. The highest BCUT2D eigenvalue weighted by Gasteiger charge is 2.23. The molecule has 0 aromatic heterocycles. The van der Waals surface area contributed by atoms with E-state index in [-0.39, 0.29) is 28.8 Å². The lowest BCUT2D eigenvalue weighted by molar-refractivity contribution is -0.121. The molecule has 0 spiro atoms. The SMILES string of the molecule is CCN1CCCC1CNC(=O)CCNS(=O)(=O)c1ccccc1Cl. The Morgan fingerprint density at radius 3 is 2.83 bits per heavy atom. The Morgan fingerprint density at radius 2 is 2.12 bits per heavy atom. The molecule has 1 unspecified atom stereocenters. The van der Waals surface area contributed by atoms with Crippen LogP contribution in [0.25, 0.3) is 0 Å². The third-order valence-electron chi connectivity index (χ3n) is 4.21. The van der Waals surface area contributed by atoms with E-state index >= 15 is 0 Å². The maximum atomic E-state index is 12.1. The van der Waals surface area contributed by atoms with Crippen LogP contribution in [-0.4, -0.2) is 51.4 Å².